The van der Waals surface area contributed by atoms with Gasteiger partial charge in [0.05, 0.1) is 13.5 Å². The molecule has 33 heavy (non-hydrogen) atoms. The van der Waals surface area contributed by atoms with Crippen LogP contribution < -0.4 is 5.32 Å². The van der Waals surface area contributed by atoms with Crippen molar-refractivity contribution < 1.29 is 18.7 Å². The fourth-order valence-electron chi connectivity index (χ4n) is 3.70. The molecular weight excluding hydrogens is 419 g/mol. The molecule has 0 bridgehead atoms. The maximum Gasteiger partial charge on any atom is 0.317 e. The zero-order valence-electron chi connectivity index (χ0n) is 19.2. The molecule has 0 aromatic heterocycles. The number of ether oxygens (including phenoxy) is 1. The first-order valence-electron chi connectivity index (χ1n) is 10.9. The average molecular weight is 449 g/mol. The van der Waals surface area contributed by atoms with Crippen LogP contribution in [0.5, 0.6) is 0 Å². The van der Waals surface area contributed by atoms with E-state index in [0.29, 0.717) is 30.8 Å². The number of hydrogen-bond donors (Lipinski definition) is 1. The number of methoxy groups -OCH3 is 1. The van der Waals surface area contributed by atoms with Gasteiger partial charge in [-0.25, -0.2) is 9.18 Å². The lowest BCUT2D eigenvalue weighted by Gasteiger charge is -2.23. The summed E-state index contributed by atoms with van der Waals surface area (Å²) in [6, 6.07) is 20.0. The molecule has 0 aliphatic rings. The Morgan fingerprint density at radius 2 is 1.76 bits per heavy atom. The lowest BCUT2D eigenvalue weighted by atomic mass is 9.95. The van der Waals surface area contributed by atoms with Crippen molar-refractivity contribution in [1.29, 1.82) is 0 Å². The molecule has 3 aromatic carbocycles. The predicted molar refractivity (Wildman–Crippen MR) is 127 cm³/mol. The van der Waals surface area contributed by atoms with Crippen molar-refractivity contribution in [2.24, 2.45) is 0 Å². The Morgan fingerprint density at radius 1 is 1.00 bits per heavy atom. The molecule has 6 heteroatoms. The van der Waals surface area contributed by atoms with Gasteiger partial charge in [-0.15, -0.1) is 0 Å². The Hall–Kier alpha value is -3.67. The predicted octanol–water partition coefficient (Wildman–Crippen LogP) is 5.25. The van der Waals surface area contributed by atoms with Gasteiger partial charge in [-0.2, -0.15) is 0 Å². The van der Waals surface area contributed by atoms with Crippen LogP contribution >= 0.6 is 0 Å². The standard InChI is InChI=1S/C27H29FN2O3/c1-4-30(27(32)29-17-20-8-6-5-7-9-20)18-23-12-19(2)10-11-25(23)22-13-21(14-24(28)16-22)15-26(31)33-3/h5-14,16H,4,15,17-18H2,1-3H3,(H,29,32). The number of esters is 1. The van der Waals surface area contributed by atoms with Crippen LogP contribution in [0.4, 0.5) is 9.18 Å². The Kier molecular flexibility index (Phi) is 8.19. The molecule has 0 aliphatic carbocycles. The lowest BCUT2D eigenvalue weighted by Crippen LogP contribution is -2.39. The molecule has 3 rings (SSSR count). The highest BCUT2D eigenvalue weighted by Gasteiger charge is 2.16. The Labute approximate surface area is 194 Å². The van der Waals surface area contributed by atoms with E-state index in [0.717, 1.165) is 22.3 Å². The van der Waals surface area contributed by atoms with Crippen molar-refractivity contribution in [3.8, 4) is 11.1 Å². The number of carbonyl (C=O) groups excluding carboxylic acids is 2. The third kappa shape index (κ3) is 6.65. The molecule has 0 atom stereocenters. The molecule has 0 spiro atoms. The van der Waals surface area contributed by atoms with Gasteiger partial charge in [0, 0.05) is 19.6 Å². The van der Waals surface area contributed by atoms with Crippen LogP contribution in [0.3, 0.4) is 0 Å². The topological polar surface area (TPSA) is 58.6 Å². The lowest BCUT2D eigenvalue weighted by molar-refractivity contribution is -0.139. The van der Waals surface area contributed by atoms with Crippen molar-refractivity contribution in [3.63, 3.8) is 0 Å². The van der Waals surface area contributed by atoms with Gasteiger partial charge in [0.25, 0.3) is 0 Å². The minimum atomic E-state index is -0.428. The third-order valence-corrected chi connectivity index (χ3v) is 5.42. The molecule has 0 heterocycles. The highest BCUT2D eigenvalue weighted by Crippen LogP contribution is 2.28. The van der Waals surface area contributed by atoms with Crippen LogP contribution in [0.2, 0.25) is 0 Å². The van der Waals surface area contributed by atoms with Gasteiger partial charge in [0.1, 0.15) is 5.82 Å². The fraction of sp³-hybridized carbons (Fsp3) is 0.259. The Bertz CT molecular complexity index is 1120. The SMILES string of the molecule is CCN(Cc1cc(C)ccc1-c1cc(F)cc(CC(=O)OC)c1)C(=O)NCc1ccccc1. The van der Waals surface area contributed by atoms with E-state index in [4.69, 9.17) is 4.74 Å². The number of hydrogen-bond acceptors (Lipinski definition) is 3. The minimum Gasteiger partial charge on any atom is -0.469 e. The van der Waals surface area contributed by atoms with Gasteiger partial charge in [0.2, 0.25) is 0 Å². The van der Waals surface area contributed by atoms with E-state index in [2.05, 4.69) is 5.32 Å². The summed E-state index contributed by atoms with van der Waals surface area (Å²) in [7, 11) is 1.31. The number of carbonyl (C=O) groups is 2. The first-order valence-corrected chi connectivity index (χ1v) is 10.9. The Balaban J connectivity index is 1.84. The van der Waals surface area contributed by atoms with Crippen LogP contribution in [0.1, 0.15) is 29.2 Å². The summed E-state index contributed by atoms with van der Waals surface area (Å²) in [6.07, 6.45) is -0.00850. The van der Waals surface area contributed by atoms with E-state index in [-0.39, 0.29) is 12.5 Å². The normalized spacial score (nSPS) is 10.5. The molecule has 2 amide bonds. The van der Waals surface area contributed by atoms with Gasteiger partial charge in [-0.05, 0) is 53.8 Å². The number of halogens is 1. The number of nitrogens with zero attached hydrogens (tertiary/aromatic N) is 1. The molecule has 0 fully saturated rings. The largest absolute Gasteiger partial charge is 0.469 e. The van der Waals surface area contributed by atoms with Crippen LogP contribution in [0, 0.1) is 12.7 Å². The van der Waals surface area contributed by atoms with E-state index in [1.165, 1.54) is 19.2 Å². The van der Waals surface area contributed by atoms with Gasteiger partial charge >= 0.3 is 12.0 Å². The smallest absolute Gasteiger partial charge is 0.317 e. The van der Waals surface area contributed by atoms with Gasteiger partial charge in [-0.1, -0.05) is 60.2 Å². The quantitative estimate of drug-likeness (QED) is 0.479. The second-order valence-corrected chi connectivity index (χ2v) is 7.92. The monoisotopic (exact) mass is 448 g/mol. The van der Waals surface area contributed by atoms with Crippen LogP contribution in [0.15, 0.2) is 66.7 Å². The van der Waals surface area contributed by atoms with E-state index in [9.17, 15) is 14.0 Å². The first kappa shape index (κ1) is 24.0. The second kappa shape index (κ2) is 11.3. The second-order valence-electron chi connectivity index (χ2n) is 7.92. The number of benzene rings is 3. The average Bonchev–Trinajstić information content (AvgIpc) is 2.81. The summed E-state index contributed by atoms with van der Waals surface area (Å²) < 4.78 is 19.1. The zero-order chi connectivity index (χ0) is 23.8. The van der Waals surface area contributed by atoms with E-state index >= 15 is 0 Å². The van der Waals surface area contributed by atoms with Gasteiger partial charge in [0.15, 0.2) is 0 Å². The summed E-state index contributed by atoms with van der Waals surface area (Å²) in [4.78, 5) is 26.2. The number of amides is 2. The third-order valence-electron chi connectivity index (χ3n) is 5.42. The van der Waals surface area contributed by atoms with Crippen LogP contribution in [0.25, 0.3) is 11.1 Å². The summed E-state index contributed by atoms with van der Waals surface area (Å²) >= 11 is 0. The number of nitrogens with one attached hydrogen (secondary N) is 1. The molecular formula is C27H29FN2O3. The Morgan fingerprint density at radius 3 is 2.45 bits per heavy atom. The van der Waals surface area contributed by atoms with E-state index in [1.807, 2.05) is 62.4 Å². The highest BCUT2D eigenvalue weighted by atomic mass is 19.1. The summed E-state index contributed by atoms with van der Waals surface area (Å²) in [5.74, 6) is -0.853. The molecule has 1 N–H and O–H groups in total. The summed E-state index contributed by atoms with van der Waals surface area (Å²) in [5, 5.41) is 2.97. The van der Waals surface area contributed by atoms with Crippen LogP contribution in [-0.4, -0.2) is 30.6 Å². The van der Waals surface area contributed by atoms with Gasteiger partial charge < -0.3 is 15.0 Å². The van der Waals surface area contributed by atoms with Crippen molar-refractivity contribution >= 4 is 12.0 Å². The molecule has 3 aromatic rings. The molecule has 0 unspecified atom stereocenters. The van der Waals surface area contributed by atoms with Gasteiger partial charge in [-0.3, -0.25) is 4.79 Å². The summed E-state index contributed by atoms with van der Waals surface area (Å²) in [6.45, 7) is 5.24. The highest BCUT2D eigenvalue weighted by molar-refractivity contribution is 5.76. The number of urea groups is 1. The summed E-state index contributed by atoms with van der Waals surface area (Å²) in [5.41, 5.74) is 4.99. The van der Waals surface area contributed by atoms with Crippen LogP contribution in [-0.2, 0) is 29.0 Å². The van der Waals surface area contributed by atoms with Crippen molar-refractivity contribution in [2.75, 3.05) is 13.7 Å². The molecule has 0 saturated heterocycles. The zero-order valence-corrected chi connectivity index (χ0v) is 19.2. The maximum absolute atomic E-state index is 14.4. The van der Waals surface area contributed by atoms with Crippen molar-refractivity contribution in [2.45, 2.75) is 33.4 Å². The van der Waals surface area contributed by atoms with E-state index < -0.39 is 11.8 Å². The molecule has 0 saturated carbocycles. The molecule has 5 nitrogen and oxygen atoms in total. The minimum absolute atomic E-state index is 0.00850. The number of rotatable bonds is 8. The molecule has 0 radical (unpaired) electrons. The number of aryl methyl sites for hydroxylation is 1. The molecule has 172 valence electrons. The van der Waals surface area contributed by atoms with Crippen molar-refractivity contribution in [3.05, 3.63) is 94.8 Å². The fourth-order valence-corrected chi connectivity index (χ4v) is 3.70. The molecule has 0 aliphatic heterocycles. The maximum atomic E-state index is 14.4. The van der Waals surface area contributed by atoms with Crippen molar-refractivity contribution in [1.82, 2.24) is 10.2 Å². The first-order chi connectivity index (χ1) is 15.9. The van der Waals surface area contributed by atoms with E-state index in [1.54, 1.807) is 11.0 Å².